The number of rotatable bonds is 5. The number of anilines is 1. The van der Waals surface area contributed by atoms with E-state index in [0.29, 0.717) is 17.7 Å². The van der Waals surface area contributed by atoms with Gasteiger partial charge in [0, 0.05) is 38.4 Å². The monoisotopic (exact) mass is 316 g/mol. The topological polar surface area (TPSA) is 81.6 Å². The molecule has 1 aliphatic carbocycles. The Morgan fingerprint density at radius 1 is 1.43 bits per heavy atom. The molecule has 1 aromatic heterocycles. The number of guanidine groups is 1. The highest BCUT2D eigenvalue weighted by Crippen LogP contribution is 2.29. The molecule has 7 heteroatoms. The van der Waals surface area contributed by atoms with Gasteiger partial charge in [-0.3, -0.25) is 19.7 Å². The molecule has 7 nitrogen and oxygen atoms in total. The van der Waals surface area contributed by atoms with E-state index in [1.165, 1.54) is 12.8 Å². The lowest BCUT2D eigenvalue weighted by atomic mass is 10.3. The molecule has 1 aromatic rings. The zero-order valence-corrected chi connectivity index (χ0v) is 13.5. The molecule has 0 radical (unpaired) electrons. The summed E-state index contributed by atoms with van der Waals surface area (Å²) in [6.07, 6.45) is 7.10. The van der Waals surface area contributed by atoms with Gasteiger partial charge < -0.3 is 16.0 Å². The van der Waals surface area contributed by atoms with Crippen LogP contribution in [0, 0.1) is 0 Å². The highest BCUT2D eigenvalue weighted by molar-refractivity contribution is 5.94. The first kappa shape index (κ1) is 15.7. The fraction of sp³-hybridized carbons (Fsp3) is 0.562. The average molecular weight is 316 g/mol. The molecule has 1 amide bonds. The number of aliphatic imine (C=N–C) groups is 1. The second-order valence-corrected chi connectivity index (χ2v) is 6.07. The SMILES string of the molecule is CN=C(NCC(=O)Nc1cccnc1)NC1CCN(C2CC2)C1. The van der Waals surface area contributed by atoms with Gasteiger partial charge in [-0.25, -0.2) is 0 Å². The molecule has 3 rings (SSSR count). The van der Waals surface area contributed by atoms with Gasteiger partial charge in [0.1, 0.15) is 0 Å². The Morgan fingerprint density at radius 3 is 3.00 bits per heavy atom. The first-order chi connectivity index (χ1) is 11.2. The van der Waals surface area contributed by atoms with E-state index in [2.05, 4.69) is 30.8 Å². The van der Waals surface area contributed by atoms with E-state index in [4.69, 9.17) is 0 Å². The fourth-order valence-corrected chi connectivity index (χ4v) is 2.87. The Bertz CT molecular complexity index is 557. The third kappa shape index (κ3) is 4.66. The number of carbonyl (C=O) groups is 1. The molecule has 124 valence electrons. The van der Waals surface area contributed by atoms with Gasteiger partial charge >= 0.3 is 0 Å². The number of hydrogen-bond donors (Lipinski definition) is 3. The van der Waals surface area contributed by atoms with Crippen molar-refractivity contribution in [3.63, 3.8) is 0 Å². The van der Waals surface area contributed by atoms with Gasteiger partial charge in [-0.05, 0) is 31.4 Å². The van der Waals surface area contributed by atoms with E-state index in [1.807, 2.05) is 6.07 Å². The predicted molar refractivity (Wildman–Crippen MR) is 90.4 cm³/mol. The number of nitrogens with one attached hydrogen (secondary N) is 3. The smallest absolute Gasteiger partial charge is 0.243 e. The molecule has 23 heavy (non-hydrogen) atoms. The molecule has 3 N–H and O–H groups in total. The minimum atomic E-state index is -0.119. The normalized spacial score (nSPS) is 22.0. The molecule has 2 heterocycles. The van der Waals surface area contributed by atoms with E-state index in [1.54, 1.807) is 25.5 Å². The van der Waals surface area contributed by atoms with Crippen LogP contribution in [-0.4, -0.2) is 60.5 Å². The first-order valence-corrected chi connectivity index (χ1v) is 8.15. The highest BCUT2D eigenvalue weighted by atomic mass is 16.1. The molecular weight excluding hydrogens is 292 g/mol. The van der Waals surface area contributed by atoms with Crippen molar-refractivity contribution in [2.24, 2.45) is 4.99 Å². The number of hydrogen-bond acceptors (Lipinski definition) is 4. The number of amides is 1. The average Bonchev–Trinajstić information content (AvgIpc) is 3.32. The van der Waals surface area contributed by atoms with Crippen molar-refractivity contribution >= 4 is 17.6 Å². The summed E-state index contributed by atoms with van der Waals surface area (Å²) in [5.41, 5.74) is 0.693. The van der Waals surface area contributed by atoms with Crippen LogP contribution in [0.2, 0.25) is 0 Å². The maximum absolute atomic E-state index is 11.9. The molecule has 1 unspecified atom stereocenters. The quantitative estimate of drug-likeness (QED) is 0.542. The standard InChI is InChI=1S/C16H24N6O/c1-17-16(21-13-6-8-22(11-13)14-4-5-14)19-10-15(23)20-12-3-2-7-18-9-12/h2-3,7,9,13-14H,4-6,8,10-11H2,1H3,(H,20,23)(H2,17,19,21). The van der Waals surface area contributed by atoms with Crippen molar-refractivity contribution < 1.29 is 4.79 Å². The van der Waals surface area contributed by atoms with E-state index >= 15 is 0 Å². The van der Waals surface area contributed by atoms with Gasteiger partial charge in [-0.1, -0.05) is 0 Å². The van der Waals surface area contributed by atoms with Gasteiger partial charge in [0.15, 0.2) is 5.96 Å². The number of nitrogens with zero attached hydrogens (tertiary/aromatic N) is 3. The Labute approximate surface area is 136 Å². The zero-order valence-electron chi connectivity index (χ0n) is 13.5. The highest BCUT2D eigenvalue weighted by Gasteiger charge is 2.34. The third-order valence-corrected chi connectivity index (χ3v) is 4.21. The van der Waals surface area contributed by atoms with Crippen LogP contribution in [0.15, 0.2) is 29.5 Å². The number of pyridine rings is 1. The predicted octanol–water partition coefficient (Wildman–Crippen LogP) is 0.422. The largest absolute Gasteiger partial charge is 0.352 e. The van der Waals surface area contributed by atoms with Crippen molar-refractivity contribution in [1.82, 2.24) is 20.5 Å². The maximum atomic E-state index is 11.9. The van der Waals surface area contributed by atoms with Crippen LogP contribution in [0.25, 0.3) is 0 Å². The molecule has 1 atom stereocenters. The molecule has 1 aliphatic heterocycles. The minimum Gasteiger partial charge on any atom is -0.352 e. The van der Waals surface area contributed by atoms with Gasteiger partial charge in [0.05, 0.1) is 18.4 Å². The summed E-state index contributed by atoms with van der Waals surface area (Å²) < 4.78 is 0. The zero-order chi connectivity index (χ0) is 16.1. The molecule has 1 saturated heterocycles. The lowest BCUT2D eigenvalue weighted by molar-refractivity contribution is -0.115. The summed E-state index contributed by atoms with van der Waals surface area (Å²) >= 11 is 0. The molecule has 1 saturated carbocycles. The second kappa shape index (κ2) is 7.41. The lowest BCUT2D eigenvalue weighted by Gasteiger charge is -2.18. The summed E-state index contributed by atoms with van der Waals surface area (Å²) in [5, 5.41) is 9.26. The summed E-state index contributed by atoms with van der Waals surface area (Å²) in [5.74, 6) is 0.556. The number of likely N-dealkylation sites (tertiary alicyclic amines) is 1. The van der Waals surface area contributed by atoms with Crippen molar-refractivity contribution in [3.8, 4) is 0 Å². The maximum Gasteiger partial charge on any atom is 0.243 e. The van der Waals surface area contributed by atoms with Gasteiger partial charge in [0.25, 0.3) is 0 Å². The minimum absolute atomic E-state index is 0.119. The van der Waals surface area contributed by atoms with Crippen molar-refractivity contribution in [2.45, 2.75) is 31.3 Å². The van der Waals surface area contributed by atoms with Gasteiger partial charge in [-0.2, -0.15) is 0 Å². The summed E-state index contributed by atoms with van der Waals surface area (Å²) in [6, 6.07) is 4.81. The van der Waals surface area contributed by atoms with E-state index in [-0.39, 0.29) is 12.5 Å². The molecular formula is C16H24N6O. The first-order valence-electron chi connectivity index (χ1n) is 8.15. The van der Waals surface area contributed by atoms with E-state index in [9.17, 15) is 4.79 Å². The molecule has 0 aromatic carbocycles. The lowest BCUT2D eigenvalue weighted by Crippen LogP contribution is -2.46. The third-order valence-electron chi connectivity index (χ3n) is 4.21. The molecule has 0 spiro atoms. The van der Waals surface area contributed by atoms with Gasteiger partial charge in [-0.15, -0.1) is 0 Å². The molecule has 2 aliphatic rings. The number of aromatic nitrogens is 1. The molecule has 2 fully saturated rings. The number of carbonyl (C=O) groups excluding carboxylic acids is 1. The van der Waals surface area contributed by atoms with Crippen LogP contribution in [0.4, 0.5) is 5.69 Å². The van der Waals surface area contributed by atoms with Crippen molar-refractivity contribution in [1.29, 1.82) is 0 Å². The summed E-state index contributed by atoms with van der Waals surface area (Å²) in [7, 11) is 1.72. The Hall–Kier alpha value is -2.15. The van der Waals surface area contributed by atoms with Crippen LogP contribution in [-0.2, 0) is 4.79 Å². The van der Waals surface area contributed by atoms with Crippen LogP contribution in [0.5, 0.6) is 0 Å². The fourth-order valence-electron chi connectivity index (χ4n) is 2.87. The summed E-state index contributed by atoms with van der Waals surface area (Å²) in [4.78, 5) is 22.6. The van der Waals surface area contributed by atoms with Crippen LogP contribution < -0.4 is 16.0 Å². The van der Waals surface area contributed by atoms with Crippen LogP contribution >= 0.6 is 0 Å². The second-order valence-electron chi connectivity index (χ2n) is 6.07. The van der Waals surface area contributed by atoms with E-state index < -0.39 is 0 Å². The van der Waals surface area contributed by atoms with Crippen molar-refractivity contribution in [2.75, 3.05) is 32.0 Å². The Balaban J connectivity index is 1.40. The van der Waals surface area contributed by atoms with Gasteiger partial charge in [0.2, 0.25) is 5.91 Å². The van der Waals surface area contributed by atoms with Crippen LogP contribution in [0.1, 0.15) is 19.3 Å². The van der Waals surface area contributed by atoms with Crippen molar-refractivity contribution in [3.05, 3.63) is 24.5 Å². The Morgan fingerprint density at radius 2 is 2.30 bits per heavy atom. The van der Waals surface area contributed by atoms with Crippen LogP contribution in [0.3, 0.4) is 0 Å². The Kier molecular flexibility index (Phi) is 5.07. The van der Waals surface area contributed by atoms with E-state index in [0.717, 1.165) is 25.6 Å². The summed E-state index contributed by atoms with van der Waals surface area (Å²) in [6.45, 7) is 2.39. The molecule has 0 bridgehead atoms.